The van der Waals surface area contributed by atoms with Gasteiger partial charge in [0.15, 0.2) is 6.10 Å². The van der Waals surface area contributed by atoms with Crippen molar-refractivity contribution in [3.63, 3.8) is 0 Å². The molecule has 3 aromatic rings. The highest BCUT2D eigenvalue weighted by atomic mass is 35.5. The molecule has 0 spiro atoms. The van der Waals surface area contributed by atoms with E-state index in [4.69, 9.17) is 16.3 Å². The molecule has 0 saturated carbocycles. The van der Waals surface area contributed by atoms with Gasteiger partial charge in [0.2, 0.25) is 0 Å². The van der Waals surface area contributed by atoms with E-state index in [0.29, 0.717) is 34.1 Å². The van der Waals surface area contributed by atoms with Gasteiger partial charge in [-0.25, -0.2) is 8.42 Å². The molecule has 0 heterocycles. The molecule has 6 nitrogen and oxygen atoms in total. The fourth-order valence-electron chi connectivity index (χ4n) is 3.03. The third-order valence-electron chi connectivity index (χ3n) is 4.97. The van der Waals surface area contributed by atoms with E-state index in [2.05, 4.69) is 10.0 Å². The first-order valence-electron chi connectivity index (χ1n) is 10.1. The SMILES string of the molecule is CC[C@@H](Oc1ccccc1C)C(=O)Nc1ccc(S(=O)(=O)Nc2cccc(Cl)c2C)cc1. The summed E-state index contributed by atoms with van der Waals surface area (Å²) in [6, 6.07) is 18.4. The Hall–Kier alpha value is -3.03. The average molecular weight is 473 g/mol. The normalized spacial score (nSPS) is 12.1. The monoisotopic (exact) mass is 472 g/mol. The standard InChI is InChI=1S/C24H25ClN2O4S/c1-4-22(31-23-11-6-5-8-16(23)2)24(28)26-18-12-14-19(15-13-18)32(29,30)27-21-10-7-9-20(25)17(21)3/h5-15,22,27H,4H2,1-3H3,(H,26,28)/t22-/m1/s1. The van der Waals surface area contributed by atoms with Crippen LogP contribution in [0.15, 0.2) is 71.6 Å². The number of aryl methyl sites for hydroxylation is 1. The smallest absolute Gasteiger partial charge is 0.265 e. The third-order valence-corrected chi connectivity index (χ3v) is 6.76. The summed E-state index contributed by atoms with van der Waals surface area (Å²) < 4.78 is 33.9. The summed E-state index contributed by atoms with van der Waals surface area (Å²) in [6.45, 7) is 5.52. The van der Waals surface area contributed by atoms with Crippen molar-refractivity contribution in [3.8, 4) is 5.75 Å². The fraction of sp³-hybridized carbons (Fsp3) is 0.208. The van der Waals surface area contributed by atoms with E-state index in [0.717, 1.165) is 5.56 Å². The van der Waals surface area contributed by atoms with E-state index in [1.54, 1.807) is 25.1 Å². The summed E-state index contributed by atoms with van der Waals surface area (Å²) in [5, 5.41) is 3.25. The average Bonchev–Trinajstić information content (AvgIpc) is 2.76. The number of benzene rings is 3. The number of halogens is 1. The summed E-state index contributed by atoms with van der Waals surface area (Å²) in [4.78, 5) is 12.7. The van der Waals surface area contributed by atoms with E-state index < -0.39 is 16.1 Å². The van der Waals surface area contributed by atoms with E-state index in [1.807, 2.05) is 38.1 Å². The number of sulfonamides is 1. The van der Waals surface area contributed by atoms with Gasteiger partial charge in [-0.2, -0.15) is 0 Å². The second kappa shape index (κ2) is 10.1. The predicted octanol–water partition coefficient (Wildman–Crippen LogP) is 5.55. The molecule has 2 N–H and O–H groups in total. The minimum Gasteiger partial charge on any atom is -0.480 e. The number of carbonyl (C=O) groups excluding carboxylic acids is 1. The zero-order chi connectivity index (χ0) is 23.3. The Balaban J connectivity index is 1.70. The van der Waals surface area contributed by atoms with Crippen LogP contribution >= 0.6 is 11.6 Å². The molecule has 0 saturated heterocycles. The molecule has 3 aromatic carbocycles. The Morgan fingerprint density at radius 3 is 2.34 bits per heavy atom. The van der Waals surface area contributed by atoms with Crippen LogP contribution in [0.3, 0.4) is 0 Å². The van der Waals surface area contributed by atoms with Gasteiger partial charge in [-0.1, -0.05) is 42.8 Å². The van der Waals surface area contributed by atoms with Crippen molar-refractivity contribution >= 4 is 38.9 Å². The van der Waals surface area contributed by atoms with Gasteiger partial charge in [-0.3, -0.25) is 9.52 Å². The Kier molecular flexibility index (Phi) is 7.43. The largest absolute Gasteiger partial charge is 0.480 e. The summed E-state index contributed by atoms with van der Waals surface area (Å²) in [7, 11) is -3.81. The molecule has 0 aliphatic carbocycles. The zero-order valence-electron chi connectivity index (χ0n) is 18.1. The van der Waals surface area contributed by atoms with Crippen molar-refractivity contribution in [3.05, 3.63) is 82.9 Å². The van der Waals surface area contributed by atoms with Crippen LogP contribution < -0.4 is 14.8 Å². The highest BCUT2D eigenvalue weighted by molar-refractivity contribution is 7.92. The summed E-state index contributed by atoms with van der Waals surface area (Å²) in [5.41, 5.74) is 2.46. The number of carbonyl (C=O) groups is 1. The summed E-state index contributed by atoms with van der Waals surface area (Å²) in [6.07, 6.45) is -0.192. The van der Waals surface area contributed by atoms with Crippen molar-refractivity contribution < 1.29 is 17.9 Å². The molecule has 0 fully saturated rings. The molecule has 32 heavy (non-hydrogen) atoms. The van der Waals surface area contributed by atoms with Gasteiger partial charge in [-0.15, -0.1) is 0 Å². The lowest BCUT2D eigenvalue weighted by atomic mass is 10.2. The fourth-order valence-corrected chi connectivity index (χ4v) is 4.32. The topological polar surface area (TPSA) is 84.5 Å². The molecule has 3 rings (SSSR count). The van der Waals surface area contributed by atoms with Gasteiger partial charge in [-0.05, 0) is 73.9 Å². The second-order valence-corrected chi connectivity index (χ2v) is 9.40. The number of anilines is 2. The molecule has 0 aromatic heterocycles. The van der Waals surface area contributed by atoms with Gasteiger partial charge in [0.1, 0.15) is 5.75 Å². The first kappa shape index (κ1) is 23.6. The van der Waals surface area contributed by atoms with Crippen LogP contribution in [0.25, 0.3) is 0 Å². The maximum atomic E-state index is 12.7. The molecule has 0 aliphatic rings. The van der Waals surface area contributed by atoms with E-state index in [-0.39, 0.29) is 10.8 Å². The number of amides is 1. The van der Waals surface area contributed by atoms with Gasteiger partial charge < -0.3 is 10.1 Å². The number of ether oxygens (including phenoxy) is 1. The Labute approximate surface area is 193 Å². The van der Waals surface area contributed by atoms with Crippen LogP contribution in [-0.4, -0.2) is 20.4 Å². The van der Waals surface area contributed by atoms with Crippen LogP contribution in [0, 0.1) is 13.8 Å². The molecule has 0 bridgehead atoms. The van der Waals surface area contributed by atoms with Crippen LogP contribution in [-0.2, 0) is 14.8 Å². The quantitative estimate of drug-likeness (QED) is 0.450. The Bertz CT molecular complexity index is 1210. The lowest BCUT2D eigenvalue weighted by Gasteiger charge is -2.18. The van der Waals surface area contributed by atoms with Crippen molar-refractivity contribution in [1.29, 1.82) is 0 Å². The second-order valence-electron chi connectivity index (χ2n) is 7.31. The lowest BCUT2D eigenvalue weighted by molar-refractivity contribution is -0.122. The van der Waals surface area contributed by atoms with Crippen LogP contribution in [0.2, 0.25) is 5.02 Å². The molecule has 1 amide bonds. The maximum Gasteiger partial charge on any atom is 0.265 e. The molecule has 168 valence electrons. The van der Waals surface area contributed by atoms with Gasteiger partial charge in [0.05, 0.1) is 10.6 Å². The summed E-state index contributed by atoms with van der Waals surface area (Å²) >= 11 is 6.07. The van der Waals surface area contributed by atoms with E-state index in [1.165, 1.54) is 24.3 Å². The minimum atomic E-state index is -3.81. The van der Waals surface area contributed by atoms with Crippen molar-refractivity contribution in [2.75, 3.05) is 10.0 Å². The number of hydrogen-bond donors (Lipinski definition) is 2. The third kappa shape index (κ3) is 5.60. The highest BCUT2D eigenvalue weighted by Gasteiger charge is 2.20. The Morgan fingerprint density at radius 1 is 1.00 bits per heavy atom. The molecular formula is C24H25ClN2O4S. The predicted molar refractivity (Wildman–Crippen MR) is 128 cm³/mol. The molecule has 0 radical (unpaired) electrons. The first-order valence-corrected chi connectivity index (χ1v) is 12.0. The van der Waals surface area contributed by atoms with Crippen LogP contribution in [0.5, 0.6) is 5.75 Å². The summed E-state index contributed by atoms with van der Waals surface area (Å²) in [5.74, 6) is 0.345. The van der Waals surface area contributed by atoms with Crippen LogP contribution in [0.4, 0.5) is 11.4 Å². The number of para-hydroxylation sites is 1. The number of hydrogen-bond acceptors (Lipinski definition) is 4. The van der Waals surface area contributed by atoms with Gasteiger partial charge in [0.25, 0.3) is 15.9 Å². The minimum absolute atomic E-state index is 0.0677. The zero-order valence-corrected chi connectivity index (χ0v) is 19.6. The maximum absolute atomic E-state index is 12.7. The van der Waals surface area contributed by atoms with Gasteiger partial charge in [0, 0.05) is 10.7 Å². The molecule has 8 heteroatoms. The lowest BCUT2D eigenvalue weighted by Crippen LogP contribution is -2.32. The Morgan fingerprint density at radius 2 is 1.69 bits per heavy atom. The number of nitrogens with one attached hydrogen (secondary N) is 2. The van der Waals surface area contributed by atoms with Crippen molar-refractivity contribution in [2.45, 2.75) is 38.2 Å². The molecule has 1 atom stereocenters. The highest BCUT2D eigenvalue weighted by Crippen LogP contribution is 2.26. The van der Waals surface area contributed by atoms with E-state index in [9.17, 15) is 13.2 Å². The van der Waals surface area contributed by atoms with Crippen molar-refractivity contribution in [2.24, 2.45) is 0 Å². The first-order chi connectivity index (χ1) is 15.2. The van der Waals surface area contributed by atoms with Crippen LogP contribution in [0.1, 0.15) is 24.5 Å². The molecule has 0 unspecified atom stereocenters. The molecule has 0 aliphatic heterocycles. The van der Waals surface area contributed by atoms with Crippen molar-refractivity contribution in [1.82, 2.24) is 0 Å². The number of rotatable bonds is 8. The van der Waals surface area contributed by atoms with Gasteiger partial charge >= 0.3 is 0 Å². The van der Waals surface area contributed by atoms with E-state index >= 15 is 0 Å². The molecular weight excluding hydrogens is 448 g/mol.